The number of pyridine rings is 1. The Morgan fingerprint density at radius 1 is 1.38 bits per heavy atom. The van der Waals surface area contributed by atoms with Crippen molar-refractivity contribution in [3.8, 4) is 11.6 Å². The van der Waals surface area contributed by atoms with E-state index in [1.54, 1.807) is 12.1 Å². The number of aryl methyl sites for hydroxylation is 1. The summed E-state index contributed by atoms with van der Waals surface area (Å²) in [5.41, 5.74) is 0.333. The Kier molecular flexibility index (Phi) is 3.12. The lowest BCUT2D eigenvalue weighted by Crippen LogP contribution is -2.07. The summed E-state index contributed by atoms with van der Waals surface area (Å²) < 4.78 is 12.6. The van der Waals surface area contributed by atoms with Crippen LogP contribution in [-0.2, 0) is 0 Å². The molecule has 0 aromatic carbocycles. The van der Waals surface area contributed by atoms with Crippen molar-refractivity contribution in [2.75, 3.05) is 0 Å². The summed E-state index contributed by atoms with van der Waals surface area (Å²) in [4.78, 5) is 15.5. The molecule has 7 heteroatoms. The monoisotopic (exact) mass is 255 g/mol. The van der Waals surface area contributed by atoms with E-state index in [0.29, 0.717) is 5.75 Å². The molecule has 16 heavy (non-hydrogen) atoms. The molecule has 0 aliphatic heterocycles. The van der Waals surface area contributed by atoms with E-state index in [9.17, 15) is 4.79 Å². The van der Waals surface area contributed by atoms with Gasteiger partial charge in [-0.2, -0.15) is 4.37 Å². The topological polar surface area (TPSA) is 65.0 Å². The molecule has 0 unspecified atom stereocenters. The van der Waals surface area contributed by atoms with Gasteiger partial charge in [0.1, 0.15) is 5.75 Å². The van der Waals surface area contributed by atoms with E-state index < -0.39 is 5.43 Å². The molecule has 0 amide bonds. The fourth-order valence-corrected chi connectivity index (χ4v) is 1.52. The molecule has 0 aliphatic carbocycles. The molecule has 2 heterocycles. The van der Waals surface area contributed by atoms with Gasteiger partial charge in [-0.3, -0.25) is 9.78 Å². The summed E-state index contributed by atoms with van der Waals surface area (Å²) >= 11 is 6.37. The normalized spacial score (nSPS) is 10.1. The van der Waals surface area contributed by atoms with Crippen molar-refractivity contribution in [3.63, 3.8) is 0 Å². The Hall–Kier alpha value is -1.53. The third-order valence-electron chi connectivity index (χ3n) is 1.73. The predicted molar refractivity (Wildman–Crippen MR) is 60.2 cm³/mol. The van der Waals surface area contributed by atoms with Gasteiger partial charge in [0.2, 0.25) is 0 Å². The van der Waals surface area contributed by atoms with Gasteiger partial charge in [-0.05, 0) is 19.1 Å². The predicted octanol–water partition coefficient (Wildman–Crippen LogP) is 2.05. The van der Waals surface area contributed by atoms with Crippen LogP contribution in [0.4, 0.5) is 0 Å². The van der Waals surface area contributed by atoms with Crippen molar-refractivity contribution >= 4 is 23.3 Å². The second-order valence-corrected chi connectivity index (χ2v) is 3.81. The highest BCUT2D eigenvalue weighted by atomic mass is 35.5. The average molecular weight is 256 g/mol. The second kappa shape index (κ2) is 4.54. The summed E-state index contributed by atoms with van der Waals surface area (Å²) in [6.45, 7) is 1.85. The SMILES string of the molecule is Cc1ccc(Oc2nsnc(Cl)c2=O)cn1. The number of rotatable bonds is 2. The van der Waals surface area contributed by atoms with Crippen molar-refractivity contribution in [2.45, 2.75) is 6.92 Å². The Bertz CT molecular complexity index is 555. The Morgan fingerprint density at radius 3 is 2.88 bits per heavy atom. The van der Waals surface area contributed by atoms with Crippen LogP contribution in [0.2, 0.25) is 5.15 Å². The molecule has 0 aliphatic rings. The van der Waals surface area contributed by atoms with Crippen LogP contribution in [0.5, 0.6) is 11.6 Å². The van der Waals surface area contributed by atoms with Crippen LogP contribution >= 0.6 is 23.3 Å². The third kappa shape index (κ3) is 2.34. The fourth-order valence-electron chi connectivity index (χ4n) is 0.956. The molecule has 0 N–H and O–H groups in total. The zero-order valence-electron chi connectivity index (χ0n) is 8.18. The first-order valence-electron chi connectivity index (χ1n) is 4.29. The van der Waals surface area contributed by atoms with Gasteiger partial charge in [0.25, 0.3) is 11.3 Å². The smallest absolute Gasteiger partial charge is 0.283 e. The highest BCUT2D eigenvalue weighted by Gasteiger charge is 2.09. The fraction of sp³-hybridized carbons (Fsp3) is 0.111. The van der Waals surface area contributed by atoms with E-state index in [1.807, 2.05) is 6.92 Å². The average Bonchev–Trinajstić information content (AvgIpc) is 2.28. The maximum atomic E-state index is 11.4. The lowest BCUT2D eigenvalue weighted by atomic mass is 10.4. The molecule has 0 saturated carbocycles. The number of hydrogen-bond donors (Lipinski definition) is 0. The molecule has 0 atom stereocenters. The van der Waals surface area contributed by atoms with Crippen molar-refractivity contribution in [3.05, 3.63) is 39.4 Å². The molecular formula is C9H6ClN3O2S. The first-order valence-corrected chi connectivity index (χ1v) is 5.40. The van der Waals surface area contributed by atoms with Gasteiger partial charge in [-0.1, -0.05) is 11.6 Å². The van der Waals surface area contributed by atoms with Crippen LogP contribution in [0, 0.1) is 6.92 Å². The molecule has 2 aromatic rings. The standard InChI is InChI=1S/C9H6ClN3O2S/c1-5-2-3-6(4-11-5)15-9-7(14)8(10)12-16-13-9/h2-4H,1H3. The van der Waals surface area contributed by atoms with Crippen LogP contribution in [0.15, 0.2) is 23.1 Å². The minimum Gasteiger partial charge on any atom is -0.433 e. The number of ether oxygens (including phenoxy) is 1. The van der Waals surface area contributed by atoms with Gasteiger partial charge >= 0.3 is 0 Å². The molecule has 0 saturated heterocycles. The lowest BCUT2D eigenvalue weighted by Gasteiger charge is -2.02. The van der Waals surface area contributed by atoms with E-state index in [4.69, 9.17) is 16.3 Å². The molecular weight excluding hydrogens is 250 g/mol. The molecule has 0 fully saturated rings. The van der Waals surface area contributed by atoms with Gasteiger partial charge < -0.3 is 4.74 Å². The first kappa shape index (κ1) is 11.0. The summed E-state index contributed by atoms with van der Waals surface area (Å²) in [5, 5.41) is -0.143. The zero-order valence-corrected chi connectivity index (χ0v) is 9.75. The van der Waals surface area contributed by atoms with Crippen molar-refractivity contribution in [1.82, 2.24) is 13.7 Å². The largest absolute Gasteiger partial charge is 0.433 e. The van der Waals surface area contributed by atoms with Gasteiger partial charge in [-0.25, -0.2) is 0 Å². The third-order valence-corrected chi connectivity index (χ3v) is 2.59. The Labute approximate surface area is 100 Å². The number of halogens is 1. The Balaban J connectivity index is 2.31. The van der Waals surface area contributed by atoms with E-state index in [1.165, 1.54) is 6.20 Å². The molecule has 82 valence electrons. The van der Waals surface area contributed by atoms with Crippen LogP contribution in [-0.4, -0.2) is 13.7 Å². The van der Waals surface area contributed by atoms with E-state index in [2.05, 4.69) is 13.7 Å². The van der Waals surface area contributed by atoms with Gasteiger partial charge in [0.15, 0.2) is 5.15 Å². The van der Waals surface area contributed by atoms with Crippen LogP contribution < -0.4 is 10.2 Å². The van der Waals surface area contributed by atoms with Crippen LogP contribution in [0.1, 0.15) is 5.69 Å². The van der Waals surface area contributed by atoms with Crippen molar-refractivity contribution in [1.29, 1.82) is 0 Å². The highest BCUT2D eigenvalue weighted by molar-refractivity contribution is 6.99. The molecule has 0 spiro atoms. The molecule has 2 aromatic heterocycles. The van der Waals surface area contributed by atoms with Crippen LogP contribution in [0.25, 0.3) is 0 Å². The zero-order chi connectivity index (χ0) is 11.5. The molecule has 5 nitrogen and oxygen atoms in total. The first-order chi connectivity index (χ1) is 7.66. The van der Waals surface area contributed by atoms with Crippen molar-refractivity contribution in [2.24, 2.45) is 0 Å². The van der Waals surface area contributed by atoms with Gasteiger partial charge in [-0.15, -0.1) is 4.37 Å². The number of aromatic nitrogens is 3. The Morgan fingerprint density at radius 2 is 2.19 bits per heavy atom. The van der Waals surface area contributed by atoms with Gasteiger partial charge in [0, 0.05) is 5.69 Å². The lowest BCUT2D eigenvalue weighted by molar-refractivity contribution is 0.459. The summed E-state index contributed by atoms with van der Waals surface area (Å²) in [6.07, 6.45) is 1.51. The summed E-state index contributed by atoms with van der Waals surface area (Å²) in [6, 6.07) is 3.47. The van der Waals surface area contributed by atoms with Crippen molar-refractivity contribution < 1.29 is 4.74 Å². The summed E-state index contributed by atoms with van der Waals surface area (Å²) in [7, 11) is 0. The number of nitrogens with zero attached hydrogens (tertiary/aromatic N) is 3. The van der Waals surface area contributed by atoms with E-state index in [-0.39, 0.29) is 11.0 Å². The highest BCUT2D eigenvalue weighted by Crippen LogP contribution is 2.16. The minimum absolute atomic E-state index is 0.0874. The van der Waals surface area contributed by atoms with Crippen LogP contribution in [0.3, 0.4) is 0 Å². The molecule has 2 rings (SSSR count). The second-order valence-electron chi connectivity index (χ2n) is 2.93. The maximum Gasteiger partial charge on any atom is 0.283 e. The van der Waals surface area contributed by atoms with Gasteiger partial charge in [0.05, 0.1) is 17.9 Å². The maximum absolute atomic E-state index is 11.4. The number of hydrogen-bond acceptors (Lipinski definition) is 6. The molecule has 0 bridgehead atoms. The minimum atomic E-state index is -0.527. The summed E-state index contributed by atoms with van der Waals surface area (Å²) in [5.74, 6) is 0.348. The van der Waals surface area contributed by atoms with E-state index in [0.717, 1.165) is 17.4 Å². The quantitative estimate of drug-likeness (QED) is 0.822. The van der Waals surface area contributed by atoms with E-state index >= 15 is 0 Å². The molecule has 0 radical (unpaired) electrons.